The van der Waals surface area contributed by atoms with Crippen molar-refractivity contribution < 1.29 is 0 Å². The predicted molar refractivity (Wildman–Crippen MR) is 100 cm³/mol. The molecule has 0 spiro atoms. The first-order valence-corrected chi connectivity index (χ1v) is 9.09. The maximum atomic E-state index is 6.27. The quantitative estimate of drug-likeness (QED) is 0.640. The summed E-state index contributed by atoms with van der Waals surface area (Å²) in [6, 6.07) is 16.4. The fraction of sp³-hybridized carbons (Fsp3) is 0.350. The van der Waals surface area contributed by atoms with Crippen LogP contribution < -0.4 is 0 Å². The molecule has 0 N–H and O–H groups in total. The Balaban J connectivity index is 1.84. The van der Waals surface area contributed by atoms with Crippen LogP contribution in [-0.4, -0.2) is 27.8 Å². The van der Waals surface area contributed by atoms with Crippen molar-refractivity contribution in [1.29, 1.82) is 0 Å². The van der Waals surface area contributed by atoms with E-state index in [1.54, 1.807) is 0 Å². The van der Waals surface area contributed by atoms with Gasteiger partial charge in [-0.2, -0.15) is 5.10 Å². The minimum atomic E-state index is 0.256. The number of halogens is 1. The van der Waals surface area contributed by atoms with E-state index in [1.165, 1.54) is 19.3 Å². The van der Waals surface area contributed by atoms with Gasteiger partial charge in [0.2, 0.25) is 0 Å². The number of benzene rings is 2. The molecular weight excluding hydrogens is 318 g/mol. The second kappa shape index (κ2) is 6.58. The monoisotopic (exact) mass is 339 g/mol. The highest BCUT2D eigenvalue weighted by Gasteiger charge is 2.22. The summed E-state index contributed by atoms with van der Waals surface area (Å²) in [6.07, 6.45) is 4.15. The van der Waals surface area contributed by atoms with E-state index in [0.29, 0.717) is 0 Å². The number of rotatable bonds is 3. The van der Waals surface area contributed by atoms with Gasteiger partial charge in [0, 0.05) is 29.1 Å². The molecule has 124 valence electrons. The Morgan fingerprint density at radius 1 is 1.00 bits per heavy atom. The van der Waals surface area contributed by atoms with E-state index in [-0.39, 0.29) is 6.17 Å². The molecule has 1 aromatic heterocycles. The molecule has 1 aliphatic rings. The van der Waals surface area contributed by atoms with Gasteiger partial charge in [-0.1, -0.05) is 48.4 Å². The van der Waals surface area contributed by atoms with Crippen molar-refractivity contribution in [2.24, 2.45) is 0 Å². The summed E-state index contributed by atoms with van der Waals surface area (Å²) in [5.74, 6) is 0. The molecule has 2 aromatic carbocycles. The first-order chi connectivity index (χ1) is 11.7. The third kappa shape index (κ3) is 2.83. The highest BCUT2D eigenvalue weighted by molar-refractivity contribution is 6.31. The first-order valence-electron chi connectivity index (χ1n) is 8.71. The van der Waals surface area contributed by atoms with E-state index >= 15 is 0 Å². The van der Waals surface area contributed by atoms with Crippen molar-refractivity contribution in [3.63, 3.8) is 0 Å². The highest BCUT2D eigenvalue weighted by atomic mass is 35.5. The Kier molecular flexibility index (Phi) is 4.30. The topological polar surface area (TPSA) is 21.1 Å². The lowest BCUT2D eigenvalue weighted by atomic mass is 10.1. The normalized spacial score (nSPS) is 17.2. The van der Waals surface area contributed by atoms with Crippen LogP contribution in [0.15, 0.2) is 48.5 Å². The maximum Gasteiger partial charge on any atom is 0.102 e. The van der Waals surface area contributed by atoms with Crippen LogP contribution in [-0.2, 0) is 0 Å². The van der Waals surface area contributed by atoms with Gasteiger partial charge in [-0.25, -0.2) is 4.68 Å². The molecule has 24 heavy (non-hydrogen) atoms. The fourth-order valence-electron chi connectivity index (χ4n) is 3.65. The SMILES string of the molecule is CC(N1CCCCC1)n1nc(-c2ccccc2)c2cc(Cl)ccc21. The first kappa shape index (κ1) is 15.7. The van der Waals surface area contributed by atoms with E-state index < -0.39 is 0 Å². The average molecular weight is 340 g/mol. The van der Waals surface area contributed by atoms with Crippen molar-refractivity contribution in [3.8, 4) is 11.3 Å². The molecule has 2 heterocycles. The van der Waals surface area contributed by atoms with Gasteiger partial charge in [-0.05, 0) is 38.0 Å². The van der Waals surface area contributed by atoms with Crippen molar-refractivity contribution in [2.75, 3.05) is 13.1 Å². The Labute approximate surface area is 147 Å². The number of fused-ring (bicyclic) bond motifs is 1. The molecule has 3 aromatic rings. The summed E-state index contributed by atoms with van der Waals surface area (Å²) in [7, 11) is 0. The van der Waals surface area contributed by atoms with Gasteiger partial charge in [0.05, 0.1) is 5.52 Å². The largest absolute Gasteiger partial charge is 0.282 e. The fourth-order valence-corrected chi connectivity index (χ4v) is 3.83. The van der Waals surface area contributed by atoms with E-state index in [0.717, 1.165) is 40.3 Å². The van der Waals surface area contributed by atoms with Crippen molar-refractivity contribution >= 4 is 22.5 Å². The Hall–Kier alpha value is -1.84. The summed E-state index contributed by atoms with van der Waals surface area (Å²) in [4.78, 5) is 2.53. The van der Waals surface area contributed by atoms with Crippen molar-refractivity contribution in [3.05, 3.63) is 53.6 Å². The Morgan fingerprint density at radius 3 is 2.50 bits per heavy atom. The van der Waals surface area contributed by atoms with Crippen LogP contribution in [0.3, 0.4) is 0 Å². The molecule has 1 fully saturated rings. The van der Waals surface area contributed by atoms with Crippen LogP contribution in [0.2, 0.25) is 5.02 Å². The molecule has 0 aliphatic carbocycles. The summed E-state index contributed by atoms with van der Waals surface area (Å²) in [5.41, 5.74) is 3.29. The van der Waals surface area contributed by atoms with Gasteiger partial charge < -0.3 is 0 Å². The lowest BCUT2D eigenvalue weighted by Crippen LogP contribution is -2.35. The van der Waals surface area contributed by atoms with Gasteiger partial charge in [0.25, 0.3) is 0 Å². The Bertz CT molecular complexity index is 835. The molecule has 3 nitrogen and oxygen atoms in total. The maximum absolute atomic E-state index is 6.27. The molecule has 1 atom stereocenters. The summed E-state index contributed by atoms with van der Waals surface area (Å²) in [5, 5.41) is 6.87. The average Bonchev–Trinajstić information content (AvgIpc) is 3.01. The lowest BCUT2D eigenvalue weighted by molar-refractivity contribution is 0.121. The van der Waals surface area contributed by atoms with Crippen molar-refractivity contribution in [1.82, 2.24) is 14.7 Å². The zero-order valence-corrected chi connectivity index (χ0v) is 14.7. The minimum absolute atomic E-state index is 0.256. The number of piperidine rings is 1. The summed E-state index contributed by atoms with van der Waals surface area (Å²) >= 11 is 6.27. The number of aromatic nitrogens is 2. The van der Waals surface area contributed by atoms with Gasteiger partial charge in [-0.3, -0.25) is 4.90 Å². The van der Waals surface area contributed by atoms with Crippen LogP contribution >= 0.6 is 11.6 Å². The van der Waals surface area contributed by atoms with Crippen molar-refractivity contribution in [2.45, 2.75) is 32.4 Å². The van der Waals surface area contributed by atoms with Crippen LogP contribution in [0.4, 0.5) is 0 Å². The smallest absolute Gasteiger partial charge is 0.102 e. The van der Waals surface area contributed by atoms with Crippen LogP contribution in [0.5, 0.6) is 0 Å². The molecule has 1 aliphatic heterocycles. The van der Waals surface area contributed by atoms with Gasteiger partial charge >= 0.3 is 0 Å². The predicted octanol–water partition coefficient (Wildman–Crippen LogP) is 5.36. The molecule has 1 unspecified atom stereocenters. The van der Waals surface area contributed by atoms with E-state index in [9.17, 15) is 0 Å². The standard InChI is InChI=1S/C20H22ClN3/c1-15(23-12-6-3-7-13-23)24-19-11-10-17(21)14-18(19)20(22-24)16-8-4-2-5-9-16/h2,4-5,8-11,14-15H,3,6-7,12-13H2,1H3. The second-order valence-electron chi connectivity index (χ2n) is 6.55. The number of hydrogen-bond donors (Lipinski definition) is 0. The van der Waals surface area contributed by atoms with Crippen LogP contribution in [0.25, 0.3) is 22.2 Å². The zero-order valence-electron chi connectivity index (χ0n) is 14.0. The summed E-state index contributed by atoms with van der Waals surface area (Å²) < 4.78 is 2.17. The molecular formula is C20H22ClN3. The van der Waals surface area contributed by atoms with Gasteiger partial charge in [0.15, 0.2) is 0 Å². The lowest BCUT2D eigenvalue weighted by Gasteiger charge is -2.32. The second-order valence-corrected chi connectivity index (χ2v) is 6.99. The summed E-state index contributed by atoms with van der Waals surface area (Å²) in [6.45, 7) is 4.55. The minimum Gasteiger partial charge on any atom is -0.282 e. The van der Waals surface area contributed by atoms with E-state index in [1.807, 2.05) is 18.2 Å². The third-order valence-corrected chi connectivity index (χ3v) is 5.22. The molecule has 0 bridgehead atoms. The zero-order chi connectivity index (χ0) is 16.5. The molecule has 4 heteroatoms. The number of likely N-dealkylation sites (tertiary alicyclic amines) is 1. The van der Waals surface area contributed by atoms with E-state index in [2.05, 4.69) is 46.8 Å². The molecule has 0 radical (unpaired) electrons. The molecule has 0 saturated carbocycles. The van der Waals surface area contributed by atoms with Crippen LogP contribution in [0.1, 0.15) is 32.4 Å². The molecule has 1 saturated heterocycles. The Morgan fingerprint density at radius 2 is 1.75 bits per heavy atom. The third-order valence-electron chi connectivity index (χ3n) is 4.99. The highest BCUT2D eigenvalue weighted by Crippen LogP contribution is 2.32. The number of nitrogens with zero attached hydrogens (tertiary/aromatic N) is 3. The number of hydrogen-bond acceptors (Lipinski definition) is 2. The van der Waals surface area contributed by atoms with Gasteiger partial charge in [-0.15, -0.1) is 0 Å². The molecule has 0 amide bonds. The molecule has 4 rings (SSSR count). The van der Waals surface area contributed by atoms with Crippen LogP contribution in [0, 0.1) is 0 Å². The van der Waals surface area contributed by atoms with E-state index in [4.69, 9.17) is 16.7 Å². The van der Waals surface area contributed by atoms with Gasteiger partial charge in [0.1, 0.15) is 11.9 Å².